The molecule has 2 aromatic rings. The third kappa shape index (κ3) is 3.36. The van der Waals surface area contributed by atoms with Gasteiger partial charge in [-0.25, -0.2) is 4.68 Å². The highest BCUT2D eigenvalue weighted by Crippen LogP contribution is 2.06. The molecule has 0 aliphatic rings. The zero-order valence-electron chi connectivity index (χ0n) is 12.4. The minimum absolute atomic E-state index is 0.125. The maximum absolute atomic E-state index is 11.8. The average molecular weight is 288 g/mol. The summed E-state index contributed by atoms with van der Waals surface area (Å²) in [6.45, 7) is 7.41. The van der Waals surface area contributed by atoms with Gasteiger partial charge in [-0.1, -0.05) is 49.1 Å². The lowest BCUT2D eigenvalue weighted by atomic mass is 10.2. The minimum atomic E-state index is -1.28. The number of benzene rings is 1. The van der Waals surface area contributed by atoms with E-state index < -0.39 is 8.07 Å². The minimum Gasteiger partial charge on any atom is -0.480 e. The van der Waals surface area contributed by atoms with Crippen molar-refractivity contribution in [3.05, 3.63) is 52.3 Å². The Kier molecular flexibility index (Phi) is 4.08. The summed E-state index contributed by atoms with van der Waals surface area (Å²) in [5, 5.41) is 5.56. The Morgan fingerprint density at radius 2 is 1.75 bits per heavy atom. The molecule has 0 saturated carbocycles. The van der Waals surface area contributed by atoms with Crippen LogP contribution in [-0.2, 0) is 6.54 Å². The van der Waals surface area contributed by atoms with E-state index in [0.717, 1.165) is 5.56 Å². The van der Waals surface area contributed by atoms with Crippen molar-refractivity contribution in [2.75, 3.05) is 7.11 Å². The monoisotopic (exact) mass is 288 g/mol. The summed E-state index contributed by atoms with van der Waals surface area (Å²) >= 11 is 0. The molecule has 0 saturated heterocycles. The molecule has 0 atom stereocenters. The van der Waals surface area contributed by atoms with Crippen molar-refractivity contribution in [3.8, 4) is 5.88 Å². The van der Waals surface area contributed by atoms with Crippen LogP contribution < -0.4 is 15.5 Å². The van der Waals surface area contributed by atoms with E-state index in [1.54, 1.807) is 13.2 Å². The second-order valence-corrected chi connectivity index (χ2v) is 10.9. The molecule has 0 bridgehead atoms. The molecule has 0 unspecified atom stereocenters. The molecule has 0 aliphatic carbocycles. The van der Waals surface area contributed by atoms with Crippen LogP contribution in [0.3, 0.4) is 0 Å². The number of nitrogens with zero attached hydrogens (tertiary/aromatic N) is 2. The summed E-state index contributed by atoms with van der Waals surface area (Å²) in [5.41, 5.74) is 0.940. The summed E-state index contributed by atoms with van der Waals surface area (Å²) < 4.78 is 6.47. The molecule has 1 heterocycles. The van der Waals surface area contributed by atoms with E-state index in [2.05, 4.69) is 49.0 Å². The van der Waals surface area contributed by atoms with E-state index in [4.69, 9.17) is 4.74 Å². The Bertz CT molecular complexity index is 642. The van der Waals surface area contributed by atoms with Crippen LogP contribution in [0.2, 0.25) is 19.6 Å². The van der Waals surface area contributed by atoms with E-state index in [1.807, 2.05) is 0 Å². The van der Waals surface area contributed by atoms with Crippen LogP contribution in [0.1, 0.15) is 5.56 Å². The fourth-order valence-corrected chi connectivity index (χ4v) is 3.10. The standard InChI is InChI=1S/C15H20N2O2Si/c1-19-14-9-10-15(18)17(16-14)11-12-5-7-13(8-6-12)20(2,3)4/h5-10H,11H2,1-4H3. The predicted molar refractivity (Wildman–Crippen MR) is 83.6 cm³/mol. The maximum atomic E-state index is 11.8. The second-order valence-electron chi connectivity index (χ2n) is 5.82. The topological polar surface area (TPSA) is 44.1 Å². The second kappa shape index (κ2) is 5.62. The van der Waals surface area contributed by atoms with Crippen molar-refractivity contribution >= 4 is 13.3 Å². The van der Waals surface area contributed by atoms with Gasteiger partial charge in [0.25, 0.3) is 5.56 Å². The molecular formula is C15H20N2O2Si. The highest BCUT2D eigenvalue weighted by molar-refractivity contribution is 6.88. The first-order chi connectivity index (χ1) is 9.40. The van der Waals surface area contributed by atoms with Crippen LogP contribution in [0.5, 0.6) is 5.88 Å². The van der Waals surface area contributed by atoms with Crippen molar-refractivity contribution in [3.63, 3.8) is 0 Å². The molecule has 2 rings (SSSR count). The first-order valence-electron chi connectivity index (χ1n) is 6.62. The number of rotatable bonds is 4. The lowest BCUT2D eigenvalue weighted by Gasteiger charge is -2.16. The molecule has 106 valence electrons. The summed E-state index contributed by atoms with van der Waals surface area (Å²) in [6, 6.07) is 11.5. The van der Waals surface area contributed by atoms with Crippen molar-refractivity contribution in [2.45, 2.75) is 26.2 Å². The van der Waals surface area contributed by atoms with Crippen LogP contribution >= 0.6 is 0 Å². The van der Waals surface area contributed by atoms with Crippen LogP contribution in [0, 0.1) is 0 Å². The van der Waals surface area contributed by atoms with E-state index in [9.17, 15) is 4.79 Å². The number of ether oxygens (including phenoxy) is 1. The van der Waals surface area contributed by atoms with Crippen molar-refractivity contribution in [1.82, 2.24) is 9.78 Å². The van der Waals surface area contributed by atoms with Gasteiger partial charge in [-0.3, -0.25) is 4.79 Å². The smallest absolute Gasteiger partial charge is 0.267 e. The van der Waals surface area contributed by atoms with E-state index in [1.165, 1.54) is 15.9 Å². The van der Waals surface area contributed by atoms with Gasteiger partial charge in [0.2, 0.25) is 5.88 Å². The fourth-order valence-electron chi connectivity index (χ4n) is 1.94. The predicted octanol–water partition coefficient (Wildman–Crippen LogP) is 1.85. The molecule has 5 heteroatoms. The average Bonchev–Trinajstić information content (AvgIpc) is 2.41. The number of hydrogen-bond acceptors (Lipinski definition) is 3. The Labute approximate surface area is 120 Å². The molecule has 0 amide bonds. The van der Waals surface area contributed by atoms with Gasteiger partial charge in [0.05, 0.1) is 21.7 Å². The lowest BCUT2D eigenvalue weighted by molar-refractivity contribution is 0.379. The van der Waals surface area contributed by atoms with E-state index in [-0.39, 0.29) is 5.56 Å². The maximum Gasteiger partial charge on any atom is 0.267 e. The van der Waals surface area contributed by atoms with Gasteiger partial charge in [0.15, 0.2) is 0 Å². The number of methoxy groups -OCH3 is 1. The molecule has 0 N–H and O–H groups in total. The highest BCUT2D eigenvalue weighted by atomic mass is 28.3. The normalized spacial score (nSPS) is 11.4. The molecular weight excluding hydrogens is 268 g/mol. The molecule has 4 nitrogen and oxygen atoms in total. The molecule has 1 aromatic carbocycles. The van der Waals surface area contributed by atoms with Crippen molar-refractivity contribution in [2.24, 2.45) is 0 Å². The number of hydrogen-bond donors (Lipinski definition) is 0. The lowest BCUT2D eigenvalue weighted by Crippen LogP contribution is -2.37. The van der Waals surface area contributed by atoms with Crippen molar-refractivity contribution in [1.29, 1.82) is 0 Å². The molecule has 1 aromatic heterocycles. The quantitative estimate of drug-likeness (QED) is 0.807. The van der Waals surface area contributed by atoms with Gasteiger partial charge in [-0.2, -0.15) is 0 Å². The summed E-state index contributed by atoms with van der Waals surface area (Å²) in [4.78, 5) is 11.8. The summed E-state index contributed by atoms with van der Waals surface area (Å²) in [7, 11) is 0.263. The van der Waals surface area contributed by atoms with Gasteiger partial charge in [0.1, 0.15) is 0 Å². The third-order valence-corrected chi connectivity index (χ3v) is 5.27. The summed E-state index contributed by atoms with van der Waals surface area (Å²) in [6.07, 6.45) is 0. The Morgan fingerprint density at radius 3 is 2.30 bits per heavy atom. The fraction of sp³-hybridized carbons (Fsp3) is 0.333. The zero-order chi connectivity index (χ0) is 14.8. The molecule has 20 heavy (non-hydrogen) atoms. The molecule has 0 aliphatic heterocycles. The van der Waals surface area contributed by atoms with E-state index in [0.29, 0.717) is 12.4 Å². The molecule has 0 spiro atoms. The Balaban J connectivity index is 2.24. The highest BCUT2D eigenvalue weighted by Gasteiger charge is 2.15. The SMILES string of the molecule is COc1ccc(=O)n(Cc2ccc([Si](C)(C)C)cc2)n1. The summed E-state index contributed by atoms with van der Waals surface area (Å²) in [5.74, 6) is 0.448. The van der Waals surface area contributed by atoms with Crippen LogP contribution in [0.15, 0.2) is 41.2 Å². The van der Waals surface area contributed by atoms with Crippen LogP contribution in [0.4, 0.5) is 0 Å². The van der Waals surface area contributed by atoms with Gasteiger partial charge in [-0.05, 0) is 5.56 Å². The van der Waals surface area contributed by atoms with Crippen LogP contribution in [0.25, 0.3) is 0 Å². The van der Waals surface area contributed by atoms with Crippen molar-refractivity contribution < 1.29 is 4.74 Å². The molecule has 0 radical (unpaired) electrons. The largest absolute Gasteiger partial charge is 0.480 e. The first kappa shape index (κ1) is 14.5. The zero-order valence-corrected chi connectivity index (χ0v) is 13.4. The Hall–Kier alpha value is -1.88. The third-order valence-electron chi connectivity index (χ3n) is 3.20. The number of aromatic nitrogens is 2. The van der Waals surface area contributed by atoms with Gasteiger partial charge in [0, 0.05) is 12.1 Å². The Morgan fingerprint density at radius 1 is 1.10 bits per heavy atom. The van der Waals surface area contributed by atoms with Gasteiger partial charge >= 0.3 is 0 Å². The van der Waals surface area contributed by atoms with E-state index >= 15 is 0 Å². The molecule has 0 fully saturated rings. The van der Waals surface area contributed by atoms with Gasteiger partial charge in [-0.15, -0.1) is 5.10 Å². The first-order valence-corrected chi connectivity index (χ1v) is 10.1. The van der Waals surface area contributed by atoms with Gasteiger partial charge < -0.3 is 4.74 Å². The van der Waals surface area contributed by atoms with Crippen LogP contribution in [-0.4, -0.2) is 25.0 Å².